The maximum absolute atomic E-state index is 12.7. The molecular formula is C19H24N2O3S. The zero-order chi connectivity index (χ0) is 18.8. The Hall–Kier alpha value is -2.18. The first-order chi connectivity index (χ1) is 11.5. The monoisotopic (exact) mass is 360 g/mol. The Balaban J connectivity index is 2.19. The van der Waals surface area contributed by atoms with Gasteiger partial charge in [0.15, 0.2) is 0 Å². The molecular weight excluding hydrogens is 336 g/mol. The minimum Gasteiger partial charge on any atom is -0.366 e. The van der Waals surface area contributed by atoms with Crippen molar-refractivity contribution in [1.82, 2.24) is 4.31 Å². The van der Waals surface area contributed by atoms with E-state index in [1.54, 1.807) is 36.4 Å². The number of nitrogens with two attached hydrogens (primary N) is 1. The average Bonchev–Trinajstić information content (AvgIpc) is 2.54. The molecule has 0 aromatic heterocycles. The van der Waals surface area contributed by atoms with Gasteiger partial charge in [0.2, 0.25) is 15.9 Å². The first-order valence-corrected chi connectivity index (χ1v) is 9.41. The Morgan fingerprint density at radius 3 is 1.96 bits per heavy atom. The van der Waals surface area contributed by atoms with Crippen LogP contribution in [-0.2, 0) is 22.0 Å². The number of carbonyl (C=O) groups excluding carboxylic acids is 1. The summed E-state index contributed by atoms with van der Waals surface area (Å²) < 4.78 is 26.7. The number of hydrogen-bond acceptors (Lipinski definition) is 3. The zero-order valence-corrected chi connectivity index (χ0v) is 15.8. The third kappa shape index (κ3) is 4.46. The number of carbonyl (C=O) groups is 1. The van der Waals surface area contributed by atoms with E-state index < -0.39 is 15.9 Å². The number of rotatable bonds is 5. The van der Waals surface area contributed by atoms with Crippen LogP contribution < -0.4 is 5.73 Å². The Kier molecular flexibility index (Phi) is 5.34. The Morgan fingerprint density at radius 2 is 1.52 bits per heavy atom. The summed E-state index contributed by atoms with van der Waals surface area (Å²) in [7, 11) is -2.05. The first-order valence-electron chi connectivity index (χ1n) is 7.97. The largest absolute Gasteiger partial charge is 0.366 e. The second-order valence-electron chi connectivity index (χ2n) is 7.10. The van der Waals surface area contributed by atoms with Gasteiger partial charge in [-0.25, -0.2) is 8.42 Å². The lowest BCUT2D eigenvalue weighted by atomic mass is 9.87. The molecule has 0 aliphatic carbocycles. The second kappa shape index (κ2) is 6.98. The molecule has 5 nitrogen and oxygen atoms in total. The summed E-state index contributed by atoms with van der Waals surface area (Å²) in [6.45, 7) is 6.46. The fraction of sp³-hybridized carbons (Fsp3) is 0.316. The summed E-state index contributed by atoms with van der Waals surface area (Å²) in [5.41, 5.74) is 7.43. The van der Waals surface area contributed by atoms with Crippen molar-refractivity contribution >= 4 is 15.9 Å². The van der Waals surface area contributed by atoms with Crippen molar-refractivity contribution in [1.29, 1.82) is 0 Å². The van der Waals surface area contributed by atoms with E-state index in [2.05, 4.69) is 20.8 Å². The molecule has 0 heterocycles. The van der Waals surface area contributed by atoms with Crippen molar-refractivity contribution in [2.24, 2.45) is 5.73 Å². The van der Waals surface area contributed by atoms with Crippen LogP contribution in [0.1, 0.15) is 42.3 Å². The molecule has 0 aliphatic rings. The first kappa shape index (κ1) is 19.1. The van der Waals surface area contributed by atoms with E-state index in [1.165, 1.54) is 11.4 Å². The van der Waals surface area contributed by atoms with Crippen LogP contribution in [0.4, 0.5) is 0 Å². The maximum atomic E-state index is 12.7. The molecule has 2 N–H and O–H groups in total. The summed E-state index contributed by atoms with van der Waals surface area (Å²) in [6.07, 6.45) is 0. The quantitative estimate of drug-likeness (QED) is 0.890. The normalized spacial score (nSPS) is 12.4. The summed E-state index contributed by atoms with van der Waals surface area (Å²) in [6, 6.07) is 13.6. The van der Waals surface area contributed by atoms with Gasteiger partial charge in [-0.05, 0) is 40.8 Å². The smallest absolute Gasteiger partial charge is 0.248 e. The molecule has 1 amide bonds. The zero-order valence-electron chi connectivity index (χ0n) is 15.0. The van der Waals surface area contributed by atoms with Gasteiger partial charge in [-0.1, -0.05) is 45.0 Å². The molecule has 134 valence electrons. The molecule has 0 unspecified atom stereocenters. The summed E-state index contributed by atoms with van der Waals surface area (Å²) in [4.78, 5) is 11.4. The number of benzene rings is 2. The van der Waals surface area contributed by atoms with Gasteiger partial charge in [-0.15, -0.1) is 0 Å². The minimum atomic E-state index is -3.58. The molecule has 0 spiro atoms. The van der Waals surface area contributed by atoms with Gasteiger partial charge < -0.3 is 5.73 Å². The van der Waals surface area contributed by atoms with Crippen molar-refractivity contribution in [3.63, 3.8) is 0 Å². The summed E-state index contributed by atoms with van der Waals surface area (Å²) in [5.74, 6) is -0.508. The van der Waals surface area contributed by atoms with Crippen LogP contribution in [0.2, 0.25) is 0 Å². The van der Waals surface area contributed by atoms with E-state index in [-0.39, 0.29) is 16.9 Å². The molecule has 0 aliphatic heterocycles. The number of sulfonamides is 1. The van der Waals surface area contributed by atoms with Crippen LogP contribution in [0, 0.1) is 0 Å². The molecule has 2 rings (SSSR count). The predicted molar refractivity (Wildman–Crippen MR) is 98.8 cm³/mol. The van der Waals surface area contributed by atoms with Gasteiger partial charge in [0.05, 0.1) is 4.90 Å². The summed E-state index contributed by atoms with van der Waals surface area (Å²) in [5, 5.41) is 0. The van der Waals surface area contributed by atoms with Crippen molar-refractivity contribution in [3.8, 4) is 0 Å². The van der Waals surface area contributed by atoms with Crippen molar-refractivity contribution in [3.05, 3.63) is 65.2 Å². The van der Waals surface area contributed by atoms with Crippen LogP contribution in [0.3, 0.4) is 0 Å². The molecule has 2 aromatic carbocycles. The highest BCUT2D eigenvalue weighted by molar-refractivity contribution is 7.89. The van der Waals surface area contributed by atoms with Crippen molar-refractivity contribution in [2.45, 2.75) is 37.6 Å². The minimum absolute atomic E-state index is 0.0314. The Labute approximate surface area is 149 Å². The molecule has 0 fully saturated rings. The molecule has 0 radical (unpaired) electrons. The topological polar surface area (TPSA) is 80.5 Å². The van der Waals surface area contributed by atoms with E-state index in [9.17, 15) is 13.2 Å². The number of amides is 1. The van der Waals surface area contributed by atoms with Crippen LogP contribution >= 0.6 is 0 Å². The lowest BCUT2D eigenvalue weighted by Crippen LogP contribution is -2.26. The summed E-state index contributed by atoms with van der Waals surface area (Å²) >= 11 is 0. The molecule has 0 bridgehead atoms. The number of hydrogen-bond donors (Lipinski definition) is 1. The molecule has 0 saturated heterocycles. The van der Waals surface area contributed by atoms with E-state index in [0.29, 0.717) is 5.56 Å². The van der Waals surface area contributed by atoms with Gasteiger partial charge in [0.25, 0.3) is 0 Å². The number of nitrogens with zero attached hydrogens (tertiary/aromatic N) is 1. The lowest BCUT2D eigenvalue weighted by Gasteiger charge is -2.21. The average molecular weight is 360 g/mol. The Morgan fingerprint density at radius 1 is 1.00 bits per heavy atom. The molecule has 0 saturated carbocycles. The van der Waals surface area contributed by atoms with Crippen LogP contribution in [0.5, 0.6) is 0 Å². The third-order valence-corrected chi connectivity index (χ3v) is 5.89. The van der Waals surface area contributed by atoms with Gasteiger partial charge >= 0.3 is 0 Å². The predicted octanol–water partition coefficient (Wildman–Crippen LogP) is 2.90. The molecule has 6 heteroatoms. The Bertz CT molecular complexity index is 849. The highest BCUT2D eigenvalue weighted by Crippen LogP contribution is 2.24. The van der Waals surface area contributed by atoms with Gasteiger partial charge in [0.1, 0.15) is 0 Å². The highest BCUT2D eigenvalue weighted by atomic mass is 32.2. The number of primary amides is 1. The fourth-order valence-electron chi connectivity index (χ4n) is 2.42. The van der Waals surface area contributed by atoms with Gasteiger partial charge in [-0.2, -0.15) is 4.31 Å². The lowest BCUT2D eigenvalue weighted by molar-refractivity contribution is 0.1000. The van der Waals surface area contributed by atoms with Gasteiger partial charge in [-0.3, -0.25) is 4.79 Å². The van der Waals surface area contributed by atoms with Crippen LogP contribution in [0.25, 0.3) is 0 Å². The van der Waals surface area contributed by atoms with E-state index in [1.807, 2.05) is 12.1 Å². The SMILES string of the molecule is CN(Cc1ccc(C(N)=O)cc1)S(=O)(=O)c1ccc(C(C)(C)C)cc1. The van der Waals surface area contributed by atoms with Crippen LogP contribution in [-0.4, -0.2) is 25.7 Å². The second-order valence-corrected chi connectivity index (χ2v) is 9.14. The molecule has 0 atom stereocenters. The molecule has 25 heavy (non-hydrogen) atoms. The fourth-order valence-corrected chi connectivity index (χ4v) is 3.58. The van der Waals surface area contributed by atoms with Crippen LogP contribution in [0.15, 0.2) is 53.4 Å². The van der Waals surface area contributed by atoms with Gasteiger partial charge in [0, 0.05) is 19.2 Å². The standard InChI is InChI=1S/C19H24N2O3S/c1-19(2,3)16-9-11-17(12-10-16)25(23,24)21(4)13-14-5-7-15(8-6-14)18(20)22/h5-12H,13H2,1-4H3,(H2,20,22). The van der Waals surface area contributed by atoms with Crippen molar-refractivity contribution < 1.29 is 13.2 Å². The van der Waals surface area contributed by atoms with E-state index >= 15 is 0 Å². The van der Waals surface area contributed by atoms with Crippen molar-refractivity contribution in [2.75, 3.05) is 7.05 Å². The third-order valence-electron chi connectivity index (χ3n) is 4.07. The molecule has 2 aromatic rings. The van der Waals surface area contributed by atoms with E-state index in [0.717, 1.165) is 11.1 Å². The maximum Gasteiger partial charge on any atom is 0.248 e. The van der Waals surface area contributed by atoms with E-state index in [4.69, 9.17) is 5.73 Å². The highest BCUT2D eigenvalue weighted by Gasteiger charge is 2.22.